The number of fused-ring (bicyclic) bond motifs is 6. The van der Waals surface area contributed by atoms with Gasteiger partial charge in [0.25, 0.3) is 0 Å². The van der Waals surface area contributed by atoms with E-state index in [-0.39, 0.29) is 0 Å². The highest BCUT2D eigenvalue weighted by molar-refractivity contribution is 6.14. The van der Waals surface area contributed by atoms with E-state index in [9.17, 15) is 0 Å². The standard InChI is InChI=1S/C59H39N3/c1-4-16-40(17-5-1)46-38-54(42-18-6-2-7-19-42)60-55(39-46)43-32-30-41(31-33-43)44-34-35-58-53(37-44)51-25-11-12-28-56(51)61(58)48-23-14-20-45(36-48)49-26-15-27-52-50-24-10-13-29-57(50)62(59(49)52)47-21-8-3-9-22-47/h1-39H. The molecule has 0 aliphatic rings. The quantitative estimate of drug-likeness (QED) is 0.158. The van der Waals surface area contributed by atoms with Gasteiger partial charge in [0, 0.05) is 49.6 Å². The summed E-state index contributed by atoms with van der Waals surface area (Å²) in [5.74, 6) is 0. The highest BCUT2D eigenvalue weighted by Gasteiger charge is 2.18. The molecule has 0 amide bonds. The molecule has 0 aliphatic carbocycles. The summed E-state index contributed by atoms with van der Waals surface area (Å²) >= 11 is 0. The van der Waals surface area contributed by atoms with Gasteiger partial charge in [-0.15, -0.1) is 0 Å². The fourth-order valence-corrected chi connectivity index (χ4v) is 9.41. The monoisotopic (exact) mass is 789 g/mol. The molecule has 0 bridgehead atoms. The number of aromatic nitrogens is 3. The maximum Gasteiger partial charge on any atom is 0.0715 e. The highest BCUT2D eigenvalue weighted by Crippen LogP contribution is 2.41. The summed E-state index contributed by atoms with van der Waals surface area (Å²) in [5.41, 5.74) is 18.2. The van der Waals surface area contributed by atoms with Crippen LogP contribution in [0.3, 0.4) is 0 Å². The summed E-state index contributed by atoms with van der Waals surface area (Å²) in [4.78, 5) is 5.17. The molecule has 3 heterocycles. The summed E-state index contributed by atoms with van der Waals surface area (Å²) in [6.07, 6.45) is 0. The Morgan fingerprint density at radius 1 is 0.258 bits per heavy atom. The van der Waals surface area contributed by atoms with Crippen LogP contribution in [0.4, 0.5) is 0 Å². The maximum atomic E-state index is 5.17. The number of benzene rings is 9. The van der Waals surface area contributed by atoms with Crippen LogP contribution in [0.15, 0.2) is 237 Å². The summed E-state index contributed by atoms with van der Waals surface area (Å²) in [6.45, 7) is 0. The van der Waals surface area contributed by atoms with Crippen LogP contribution >= 0.6 is 0 Å². The summed E-state index contributed by atoms with van der Waals surface area (Å²) < 4.78 is 4.84. The third-order valence-electron chi connectivity index (χ3n) is 12.3. The highest BCUT2D eigenvalue weighted by atomic mass is 15.0. The van der Waals surface area contributed by atoms with E-state index >= 15 is 0 Å². The first-order valence-corrected chi connectivity index (χ1v) is 21.2. The molecule has 0 spiro atoms. The van der Waals surface area contributed by atoms with Gasteiger partial charge in [0.2, 0.25) is 0 Å². The van der Waals surface area contributed by atoms with Gasteiger partial charge in [-0.2, -0.15) is 0 Å². The molecule has 0 fully saturated rings. The Morgan fingerprint density at radius 3 is 1.47 bits per heavy atom. The van der Waals surface area contributed by atoms with E-state index < -0.39 is 0 Å². The normalized spacial score (nSPS) is 11.5. The van der Waals surface area contributed by atoms with Crippen LogP contribution in [0.2, 0.25) is 0 Å². The van der Waals surface area contributed by atoms with Gasteiger partial charge < -0.3 is 9.13 Å². The van der Waals surface area contributed by atoms with E-state index in [4.69, 9.17) is 4.98 Å². The molecule has 12 aromatic rings. The van der Waals surface area contributed by atoms with E-state index in [1.165, 1.54) is 71.4 Å². The second kappa shape index (κ2) is 14.8. The number of para-hydroxylation sites is 4. The Bertz CT molecular complexity index is 3540. The van der Waals surface area contributed by atoms with Gasteiger partial charge in [-0.3, -0.25) is 0 Å². The second-order valence-corrected chi connectivity index (χ2v) is 16.0. The van der Waals surface area contributed by atoms with E-state index in [1.54, 1.807) is 0 Å². The molecular formula is C59H39N3. The van der Waals surface area contributed by atoms with Crippen molar-refractivity contribution >= 4 is 43.6 Å². The lowest BCUT2D eigenvalue weighted by molar-refractivity contribution is 1.17. The summed E-state index contributed by atoms with van der Waals surface area (Å²) in [7, 11) is 0. The molecule has 0 saturated carbocycles. The third kappa shape index (κ3) is 6.02. The molecule has 0 aliphatic heterocycles. The average Bonchev–Trinajstić information content (AvgIpc) is 3.88. The van der Waals surface area contributed by atoms with Gasteiger partial charge in [-0.05, 0) is 88.5 Å². The Kier molecular flexibility index (Phi) is 8.50. The fraction of sp³-hybridized carbons (Fsp3) is 0. The van der Waals surface area contributed by atoms with E-state index in [0.717, 1.165) is 39.5 Å². The maximum absolute atomic E-state index is 5.17. The Labute approximate surface area is 360 Å². The van der Waals surface area contributed by atoms with E-state index in [0.29, 0.717) is 0 Å². The molecule has 0 atom stereocenters. The predicted molar refractivity (Wildman–Crippen MR) is 260 cm³/mol. The third-order valence-corrected chi connectivity index (χ3v) is 12.3. The lowest BCUT2D eigenvalue weighted by Crippen LogP contribution is -1.97. The number of rotatable bonds is 7. The molecule has 3 aromatic heterocycles. The Balaban J connectivity index is 0.947. The van der Waals surface area contributed by atoms with Crippen LogP contribution in [-0.2, 0) is 0 Å². The van der Waals surface area contributed by atoms with Crippen molar-refractivity contribution in [2.75, 3.05) is 0 Å². The summed E-state index contributed by atoms with van der Waals surface area (Å²) in [6, 6.07) is 85.1. The van der Waals surface area contributed by atoms with Crippen molar-refractivity contribution in [3.8, 4) is 67.3 Å². The second-order valence-electron chi connectivity index (χ2n) is 16.0. The topological polar surface area (TPSA) is 22.8 Å². The van der Waals surface area contributed by atoms with Crippen LogP contribution in [0, 0.1) is 0 Å². The SMILES string of the molecule is c1ccc(-c2cc(-c3ccccc3)nc(-c3ccc(-c4ccc5c(c4)c4ccccc4n5-c4cccc(-c5cccc6c7ccccc7n(-c7ccccc7)c56)c4)cc3)c2)cc1. The van der Waals surface area contributed by atoms with E-state index in [2.05, 4.69) is 240 Å². The molecule has 290 valence electrons. The van der Waals surface area contributed by atoms with Crippen molar-refractivity contribution < 1.29 is 0 Å². The fourth-order valence-electron chi connectivity index (χ4n) is 9.41. The van der Waals surface area contributed by atoms with Crippen LogP contribution in [0.5, 0.6) is 0 Å². The minimum Gasteiger partial charge on any atom is -0.309 e. The number of pyridine rings is 1. The van der Waals surface area contributed by atoms with Crippen molar-refractivity contribution in [1.82, 2.24) is 14.1 Å². The zero-order chi connectivity index (χ0) is 41.0. The first-order valence-electron chi connectivity index (χ1n) is 21.2. The molecule has 0 saturated heterocycles. The number of hydrogen-bond acceptors (Lipinski definition) is 1. The molecular weight excluding hydrogens is 751 g/mol. The first-order chi connectivity index (χ1) is 30.7. The molecule has 0 unspecified atom stereocenters. The number of hydrogen-bond donors (Lipinski definition) is 0. The average molecular weight is 790 g/mol. The van der Waals surface area contributed by atoms with Gasteiger partial charge in [-0.25, -0.2) is 4.98 Å². The zero-order valence-corrected chi connectivity index (χ0v) is 33.9. The molecule has 0 radical (unpaired) electrons. The van der Waals surface area contributed by atoms with E-state index in [1.807, 2.05) is 6.07 Å². The largest absolute Gasteiger partial charge is 0.309 e. The molecule has 62 heavy (non-hydrogen) atoms. The van der Waals surface area contributed by atoms with Gasteiger partial charge >= 0.3 is 0 Å². The van der Waals surface area contributed by atoms with Crippen molar-refractivity contribution in [1.29, 1.82) is 0 Å². The van der Waals surface area contributed by atoms with Gasteiger partial charge in [0.05, 0.1) is 33.5 Å². The molecule has 3 nitrogen and oxygen atoms in total. The minimum atomic E-state index is 0.954. The van der Waals surface area contributed by atoms with Crippen LogP contribution in [0.1, 0.15) is 0 Å². The lowest BCUT2D eigenvalue weighted by atomic mass is 9.98. The van der Waals surface area contributed by atoms with Crippen molar-refractivity contribution in [2.45, 2.75) is 0 Å². The predicted octanol–water partition coefficient (Wildman–Crippen LogP) is 15.6. The minimum absolute atomic E-state index is 0.954. The Hall–Kier alpha value is -8.27. The zero-order valence-electron chi connectivity index (χ0n) is 33.9. The van der Waals surface area contributed by atoms with Crippen LogP contribution in [0.25, 0.3) is 111 Å². The smallest absolute Gasteiger partial charge is 0.0715 e. The number of nitrogens with zero attached hydrogens (tertiary/aromatic N) is 3. The van der Waals surface area contributed by atoms with Crippen LogP contribution < -0.4 is 0 Å². The van der Waals surface area contributed by atoms with Gasteiger partial charge in [0.15, 0.2) is 0 Å². The molecule has 9 aromatic carbocycles. The lowest BCUT2D eigenvalue weighted by Gasteiger charge is -2.14. The molecule has 0 N–H and O–H groups in total. The van der Waals surface area contributed by atoms with Gasteiger partial charge in [-0.1, -0.05) is 176 Å². The molecule has 12 rings (SSSR count). The van der Waals surface area contributed by atoms with Gasteiger partial charge in [0.1, 0.15) is 0 Å². The van der Waals surface area contributed by atoms with Crippen molar-refractivity contribution in [3.63, 3.8) is 0 Å². The van der Waals surface area contributed by atoms with Crippen LogP contribution in [-0.4, -0.2) is 14.1 Å². The summed E-state index contributed by atoms with van der Waals surface area (Å²) in [5, 5.41) is 4.96. The Morgan fingerprint density at radius 2 is 0.742 bits per heavy atom. The van der Waals surface area contributed by atoms with Crippen molar-refractivity contribution in [3.05, 3.63) is 237 Å². The van der Waals surface area contributed by atoms with Crippen molar-refractivity contribution in [2.24, 2.45) is 0 Å². The first kappa shape index (κ1) is 35.7. The molecule has 3 heteroatoms.